The predicted octanol–water partition coefficient (Wildman–Crippen LogP) is -1.23. The lowest BCUT2D eigenvalue weighted by molar-refractivity contribution is -0.142. The van der Waals surface area contributed by atoms with Crippen LogP contribution in [-0.2, 0) is 40.0 Å². The number of aliphatic carboxylic acids is 1. The third-order valence-electron chi connectivity index (χ3n) is 10.4. The molecule has 0 saturated heterocycles. The maximum absolute atomic E-state index is 14.2. The highest BCUT2D eigenvalue weighted by Gasteiger charge is 2.36. The number of hydrogen-bond donors (Lipinski definition) is 12. The Morgan fingerprint density at radius 3 is 1.53 bits per heavy atom. The van der Waals surface area contributed by atoms with E-state index < -0.39 is 95.5 Å². The van der Waals surface area contributed by atoms with Crippen molar-refractivity contribution in [1.29, 1.82) is 0 Å². The molecule has 0 aliphatic rings. The van der Waals surface area contributed by atoms with Gasteiger partial charge in [-0.1, -0.05) is 78.3 Å². The maximum Gasteiger partial charge on any atom is 0.326 e. The highest BCUT2D eigenvalue weighted by molar-refractivity contribution is 7.98. The van der Waals surface area contributed by atoms with Gasteiger partial charge in [-0.25, -0.2) is 4.79 Å². The van der Waals surface area contributed by atoms with Crippen molar-refractivity contribution in [2.75, 3.05) is 25.1 Å². The van der Waals surface area contributed by atoms with E-state index in [2.05, 4.69) is 41.9 Å². The number of nitrogens with two attached hydrogens (primary N) is 5. The molecule has 0 fully saturated rings. The zero-order valence-electron chi connectivity index (χ0n) is 38.2. The molecule has 17 N–H and O–H groups in total. The van der Waals surface area contributed by atoms with Crippen molar-refractivity contribution in [1.82, 2.24) is 31.9 Å². The van der Waals surface area contributed by atoms with E-state index in [9.17, 15) is 38.7 Å². The van der Waals surface area contributed by atoms with Gasteiger partial charge in [0, 0.05) is 19.5 Å². The number of benzene rings is 1. The van der Waals surface area contributed by atoms with Crippen LogP contribution in [0.25, 0.3) is 0 Å². The number of carbonyl (C=O) groups excluding carboxylic acids is 6. The van der Waals surface area contributed by atoms with Crippen molar-refractivity contribution >= 4 is 65.1 Å². The largest absolute Gasteiger partial charge is 0.480 e. The quantitative estimate of drug-likeness (QED) is 0.0244. The Labute approximate surface area is 380 Å². The number of rotatable bonds is 30. The molecule has 0 unspecified atom stereocenters. The minimum atomic E-state index is -1.25. The average Bonchev–Trinajstić information content (AvgIpc) is 3.23. The first-order chi connectivity index (χ1) is 30.1. The molecule has 0 aliphatic heterocycles. The van der Waals surface area contributed by atoms with Crippen molar-refractivity contribution < 1.29 is 38.7 Å². The molecular weight excluding hydrogens is 847 g/mol. The molecule has 1 aromatic rings. The van der Waals surface area contributed by atoms with Crippen LogP contribution in [0.1, 0.15) is 85.6 Å². The first kappa shape index (κ1) is 56.4. The van der Waals surface area contributed by atoms with Crippen LogP contribution in [-0.4, -0.2) is 126 Å². The van der Waals surface area contributed by atoms with E-state index in [0.29, 0.717) is 17.7 Å². The van der Waals surface area contributed by atoms with E-state index in [4.69, 9.17) is 28.7 Å². The summed E-state index contributed by atoms with van der Waals surface area (Å²) in [6.45, 7) is 10.7. The first-order valence-corrected chi connectivity index (χ1v) is 23.0. The molecule has 0 saturated carbocycles. The summed E-state index contributed by atoms with van der Waals surface area (Å²) in [6.07, 6.45) is 3.05. The average molecular weight is 920 g/mol. The Morgan fingerprint density at radius 2 is 1.06 bits per heavy atom. The smallest absolute Gasteiger partial charge is 0.326 e. The van der Waals surface area contributed by atoms with Crippen LogP contribution in [0, 0.1) is 17.8 Å². The number of aliphatic imine (C=N–C) groups is 2. The molecule has 8 atom stereocenters. The first-order valence-electron chi connectivity index (χ1n) is 21.6. The fraction of sp³-hybridized carbons (Fsp3) is 0.643. The van der Waals surface area contributed by atoms with Gasteiger partial charge < -0.3 is 65.7 Å². The van der Waals surface area contributed by atoms with Crippen molar-refractivity contribution in [2.45, 2.75) is 129 Å². The molecule has 0 radical (unpaired) electrons. The third kappa shape index (κ3) is 21.2. The number of carboxylic acid groups (broad SMARTS) is 1. The molecule has 360 valence electrons. The van der Waals surface area contributed by atoms with Crippen LogP contribution in [0.4, 0.5) is 0 Å². The van der Waals surface area contributed by atoms with E-state index in [1.807, 2.05) is 13.2 Å². The monoisotopic (exact) mass is 920 g/mol. The number of nitrogens with zero attached hydrogens (tertiary/aromatic N) is 2. The fourth-order valence-corrected chi connectivity index (χ4v) is 6.68. The highest BCUT2D eigenvalue weighted by Crippen LogP contribution is 2.13. The minimum absolute atomic E-state index is 0.00225. The Balaban J connectivity index is 3.51. The lowest BCUT2D eigenvalue weighted by Gasteiger charge is -2.30. The SMILES string of the molecule is CC[C@H](C)[C@H](NC(=O)[C@H](Cc1ccccc1)NC(=O)[C@@H](NC(=O)[C@H](CCCN=C(N)N)NC(=O)[C@H](CCCN=C(N)N)NC(=O)[C@@H](N)C(C)C)C(C)C)C(=O)N[C@@H](CCSC)C(=O)O. The van der Waals surface area contributed by atoms with Gasteiger partial charge in [-0.05, 0) is 67.4 Å². The van der Waals surface area contributed by atoms with Crippen LogP contribution in [0.2, 0.25) is 0 Å². The van der Waals surface area contributed by atoms with Gasteiger partial charge in [0.1, 0.15) is 36.3 Å². The normalized spacial score (nSPS) is 14.8. The number of carbonyl (C=O) groups is 7. The summed E-state index contributed by atoms with van der Waals surface area (Å²) in [6, 6.07) is 0.695. The van der Waals surface area contributed by atoms with Crippen molar-refractivity contribution in [2.24, 2.45) is 56.4 Å². The standard InChI is InChI=1S/C42H73N13O8S/c1-8-25(6)33(39(61)52-29(40(62)63)18-21-64-7)55-36(58)30(22-26-14-10-9-11-15-26)53-38(60)32(24(4)5)54-35(57)28(17-13-20-49-42(46)47)50-34(56)27(16-12-19-48-41(44)45)51-37(59)31(43)23(2)3/h9-11,14-15,23-25,27-33H,8,12-13,16-22,43H2,1-7H3,(H,50,56)(H,51,59)(H,52,61)(H,53,60)(H,54,57)(H,55,58)(H,62,63)(H4,44,45,48)(H4,46,47,49)/t25-,27-,28-,29-,30-,31-,32-,33-/m0/s1. The predicted molar refractivity (Wildman–Crippen MR) is 249 cm³/mol. The molecule has 1 rings (SSSR count). The number of hydrogen-bond acceptors (Lipinski definition) is 11. The van der Waals surface area contributed by atoms with E-state index in [-0.39, 0.29) is 69.5 Å². The molecule has 22 heteroatoms. The number of thioether (sulfide) groups is 1. The van der Waals surface area contributed by atoms with Gasteiger partial charge in [0.05, 0.1) is 6.04 Å². The molecule has 6 amide bonds. The van der Waals surface area contributed by atoms with Crippen molar-refractivity contribution in [3.8, 4) is 0 Å². The van der Waals surface area contributed by atoms with Crippen LogP contribution in [0.3, 0.4) is 0 Å². The Morgan fingerprint density at radius 1 is 0.609 bits per heavy atom. The van der Waals surface area contributed by atoms with Crippen LogP contribution < -0.4 is 60.6 Å². The van der Waals surface area contributed by atoms with Gasteiger partial charge in [-0.2, -0.15) is 11.8 Å². The molecule has 0 spiro atoms. The summed E-state index contributed by atoms with van der Waals surface area (Å²) in [5.74, 6) is -6.42. The van der Waals surface area contributed by atoms with E-state index in [0.717, 1.165) is 0 Å². The van der Waals surface area contributed by atoms with Crippen molar-refractivity contribution in [3.63, 3.8) is 0 Å². The van der Waals surface area contributed by atoms with Crippen molar-refractivity contribution in [3.05, 3.63) is 35.9 Å². The molecule has 0 aromatic heterocycles. The van der Waals surface area contributed by atoms with E-state index in [1.165, 1.54) is 11.8 Å². The maximum atomic E-state index is 14.2. The van der Waals surface area contributed by atoms with E-state index in [1.54, 1.807) is 65.0 Å². The molecule has 0 bridgehead atoms. The van der Waals surface area contributed by atoms with Crippen LogP contribution in [0.5, 0.6) is 0 Å². The second kappa shape index (κ2) is 29.7. The van der Waals surface area contributed by atoms with Gasteiger partial charge in [0.2, 0.25) is 35.4 Å². The Kier molecular flexibility index (Phi) is 26.1. The molecular formula is C42H73N13O8S. The van der Waals surface area contributed by atoms with Gasteiger partial charge >= 0.3 is 5.97 Å². The number of amides is 6. The van der Waals surface area contributed by atoms with Gasteiger partial charge in [-0.3, -0.25) is 38.8 Å². The summed E-state index contributed by atoms with van der Waals surface area (Å²) >= 11 is 1.43. The van der Waals surface area contributed by atoms with Gasteiger partial charge in [0.25, 0.3) is 0 Å². The zero-order valence-corrected chi connectivity index (χ0v) is 39.0. The Bertz CT molecular complexity index is 1730. The molecule has 64 heavy (non-hydrogen) atoms. The third-order valence-corrected chi connectivity index (χ3v) is 11.0. The lowest BCUT2D eigenvalue weighted by atomic mass is 9.96. The summed E-state index contributed by atoms with van der Waals surface area (Å²) in [5, 5.41) is 25.9. The minimum Gasteiger partial charge on any atom is -0.480 e. The topological polar surface area (TPSA) is 367 Å². The summed E-state index contributed by atoms with van der Waals surface area (Å²) in [4.78, 5) is 103. The van der Waals surface area contributed by atoms with Crippen LogP contribution >= 0.6 is 11.8 Å². The lowest BCUT2D eigenvalue weighted by Crippen LogP contribution is -2.61. The number of nitrogens with one attached hydrogen (secondary N) is 6. The van der Waals surface area contributed by atoms with Gasteiger partial charge in [0.15, 0.2) is 11.9 Å². The second-order valence-electron chi connectivity index (χ2n) is 16.3. The van der Waals surface area contributed by atoms with Crippen LogP contribution in [0.15, 0.2) is 40.3 Å². The highest BCUT2D eigenvalue weighted by atomic mass is 32.2. The molecule has 0 aliphatic carbocycles. The number of carboxylic acids is 1. The molecule has 21 nitrogen and oxygen atoms in total. The zero-order chi connectivity index (χ0) is 48.5. The molecule has 1 aromatic carbocycles. The summed E-state index contributed by atoms with van der Waals surface area (Å²) in [5.41, 5.74) is 28.6. The summed E-state index contributed by atoms with van der Waals surface area (Å²) < 4.78 is 0. The fourth-order valence-electron chi connectivity index (χ4n) is 6.21. The van der Waals surface area contributed by atoms with E-state index >= 15 is 0 Å². The van der Waals surface area contributed by atoms with Gasteiger partial charge in [-0.15, -0.1) is 0 Å². The Hall–Kier alpha value is -5.64. The summed E-state index contributed by atoms with van der Waals surface area (Å²) in [7, 11) is 0. The molecule has 0 heterocycles. The second-order valence-corrected chi connectivity index (χ2v) is 17.3. The number of guanidine groups is 2.